The van der Waals surface area contributed by atoms with Gasteiger partial charge < -0.3 is 28.8 Å². The number of carbonyl (C=O) groups is 2. The Morgan fingerprint density at radius 2 is 1.82 bits per heavy atom. The molecular formula is C35H37N3O10S. The van der Waals surface area contributed by atoms with E-state index in [-0.39, 0.29) is 35.8 Å². The second kappa shape index (κ2) is 15.2. The highest BCUT2D eigenvalue weighted by Gasteiger charge is 2.27. The van der Waals surface area contributed by atoms with Gasteiger partial charge in [0.25, 0.3) is 10.0 Å². The van der Waals surface area contributed by atoms with Crippen LogP contribution in [0.25, 0.3) is 11.8 Å². The van der Waals surface area contributed by atoms with Gasteiger partial charge in [0.15, 0.2) is 18.2 Å². The minimum Gasteiger partial charge on any atom is -0.497 e. The standard InChI is InChI=1S/C35H37N3O10S/c1-5-6-11-34-36-19-26(15-25(35(40)41)14-24-16-31-32(48-22-47-31)18-29(24)45-4)38(34)28-13-12-27(44-3)17-30(28)46-21-37(20-39)49(42,43)33-10-8-7-9-23(33)2/h7-10,12-13,15-20H,5-6,11,14,21-22H2,1-4H3,(H,40,41)/b25-15+. The Hall–Kier alpha value is -5.50. The number of hydrogen-bond acceptors (Lipinski definition) is 10. The third kappa shape index (κ3) is 7.49. The van der Waals surface area contributed by atoms with Crippen LogP contribution < -0.4 is 23.7 Å². The van der Waals surface area contributed by atoms with E-state index in [9.17, 15) is 23.1 Å². The highest BCUT2D eigenvalue weighted by molar-refractivity contribution is 7.89. The molecule has 49 heavy (non-hydrogen) atoms. The van der Waals surface area contributed by atoms with Crippen LogP contribution in [0.5, 0.6) is 28.7 Å². The first-order chi connectivity index (χ1) is 23.6. The monoisotopic (exact) mass is 691 g/mol. The summed E-state index contributed by atoms with van der Waals surface area (Å²) in [5.41, 5.74) is 1.94. The number of rotatable bonds is 16. The number of aliphatic carboxylic acids is 1. The third-order valence-corrected chi connectivity index (χ3v) is 9.75. The number of nitrogens with zero attached hydrogens (tertiary/aromatic N) is 3. The van der Waals surface area contributed by atoms with Crippen molar-refractivity contribution in [2.45, 2.75) is 44.4 Å². The minimum absolute atomic E-state index is 0.0123. The van der Waals surface area contributed by atoms with Crippen LogP contribution in [0.4, 0.5) is 0 Å². The summed E-state index contributed by atoms with van der Waals surface area (Å²) in [6.07, 6.45) is 5.49. The number of ether oxygens (including phenoxy) is 5. The molecule has 5 rings (SSSR count). The van der Waals surface area contributed by atoms with Crippen LogP contribution in [-0.2, 0) is 32.5 Å². The van der Waals surface area contributed by atoms with Crippen LogP contribution >= 0.6 is 0 Å². The Morgan fingerprint density at radius 1 is 1.06 bits per heavy atom. The molecule has 258 valence electrons. The first-order valence-electron chi connectivity index (χ1n) is 15.4. The Kier molecular flexibility index (Phi) is 10.8. The number of benzene rings is 3. The lowest BCUT2D eigenvalue weighted by Crippen LogP contribution is -2.34. The zero-order chi connectivity index (χ0) is 35.1. The highest BCUT2D eigenvalue weighted by Crippen LogP contribution is 2.39. The van der Waals surface area contributed by atoms with E-state index in [1.54, 1.807) is 66.2 Å². The van der Waals surface area contributed by atoms with E-state index in [2.05, 4.69) is 4.98 Å². The molecule has 0 bridgehead atoms. The lowest BCUT2D eigenvalue weighted by molar-refractivity contribution is -0.132. The Bertz CT molecular complexity index is 1990. The van der Waals surface area contributed by atoms with E-state index in [1.165, 1.54) is 26.4 Å². The molecule has 1 amide bonds. The number of carboxylic acids is 1. The fourth-order valence-electron chi connectivity index (χ4n) is 5.35. The van der Waals surface area contributed by atoms with Crippen molar-refractivity contribution in [2.75, 3.05) is 27.7 Å². The number of imidazole rings is 1. The zero-order valence-electron chi connectivity index (χ0n) is 27.5. The Balaban J connectivity index is 1.56. The molecule has 0 saturated heterocycles. The van der Waals surface area contributed by atoms with E-state index in [1.807, 2.05) is 6.92 Å². The summed E-state index contributed by atoms with van der Waals surface area (Å²) in [7, 11) is -1.28. The lowest BCUT2D eigenvalue weighted by atomic mass is 10.0. The van der Waals surface area contributed by atoms with E-state index < -0.39 is 22.7 Å². The first kappa shape index (κ1) is 34.8. The molecule has 1 N–H and O–H groups in total. The topological polar surface area (TPSA) is 156 Å². The number of carbonyl (C=O) groups excluding carboxylic acids is 1. The average molecular weight is 692 g/mol. The molecule has 13 nitrogen and oxygen atoms in total. The third-order valence-electron chi connectivity index (χ3n) is 7.92. The number of aromatic nitrogens is 2. The molecule has 1 aliphatic rings. The molecule has 1 aromatic heterocycles. The number of unbranched alkanes of at least 4 members (excludes halogenated alkanes) is 1. The van der Waals surface area contributed by atoms with Crippen LogP contribution in [0, 0.1) is 6.92 Å². The number of hydrogen-bond donors (Lipinski definition) is 1. The lowest BCUT2D eigenvalue weighted by Gasteiger charge is -2.21. The van der Waals surface area contributed by atoms with Crippen molar-refractivity contribution in [2.24, 2.45) is 0 Å². The van der Waals surface area contributed by atoms with E-state index >= 15 is 0 Å². The first-order valence-corrected chi connectivity index (χ1v) is 16.9. The summed E-state index contributed by atoms with van der Waals surface area (Å²) in [4.78, 5) is 29.3. The molecule has 0 unspecified atom stereocenters. The van der Waals surface area contributed by atoms with Crippen LogP contribution in [0.3, 0.4) is 0 Å². The van der Waals surface area contributed by atoms with Gasteiger partial charge in [-0.25, -0.2) is 22.5 Å². The van der Waals surface area contributed by atoms with Gasteiger partial charge in [-0.05, 0) is 49.2 Å². The minimum atomic E-state index is -4.24. The maximum atomic E-state index is 13.4. The number of amides is 1. The number of methoxy groups -OCH3 is 2. The van der Waals surface area contributed by atoms with Crippen molar-refractivity contribution >= 4 is 28.5 Å². The summed E-state index contributed by atoms with van der Waals surface area (Å²) < 4.78 is 57.1. The molecular weight excluding hydrogens is 654 g/mol. The molecule has 3 aromatic carbocycles. The highest BCUT2D eigenvalue weighted by atomic mass is 32.2. The van der Waals surface area contributed by atoms with Crippen molar-refractivity contribution < 1.29 is 46.8 Å². The van der Waals surface area contributed by atoms with E-state index in [4.69, 9.17) is 23.7 Å². The maximum Gasteiger partial charge on any atom is 0.331 e. The molecule has 1 aliphatic heterocycles. The molecule has 0 fully saturated rings. The van der Waals surface area contributed by atoms with Crippen LogP contribution in [-0.4, -0.2) is 67.5 Å². The van der Waals surface area contributed by atoms with E-state index in [0.717, 1.165) is 12.8 Å². The zero-order valence-corrected chi connectivity index (χ0v) is 28.4. The van der Waals surface area contributed by atoms with Crippen molar-refractivity contribution in [3.8, 4) is 34.4 Å². The summed E-state index contributed by atoms with van der Waals surface area (Å²) in [6.45, 7) is 3.09. The summed E-state index contributed by atoms with van der Waals surface area (Å²) in [6, 6.07) is 14.6. The molecule has 14 heteroatoms. The average Bonchev–Trinajstić information content (AvgIpc) is 3.72. The van der Waals surface area contributed by atoms with Crippen molar-refractivity contribution in [3.63, 3.8) is 0 Å². The molecule has 0 spiro atoms. The Morgan fingerprint density at radius 3 is 2.49 bits per heavy atom. The number of carboxylic acid groups (broad SMARTS) is 1. The van der Waals surface area contributed by atoms with Crippen LogP contribution in [0.1, 0.15) is 42.4 Å². The van der Waals surface area contributed by atoms with Gasteiger partial charge in [0.05, 0.1) is 36.7 Å². The SMILES string of the molecule is CCCCc1ncc(/C=C(\Cc2cc3c(cc2OC)OCO3)C(=O)O)n1-c1ccc(OC)cc1OCN(C=O)S(=O)(=O)c1ccccc1C. The predicted molar refractivity (Wildman–Crippen MR) is 179 cm³/mol. The van der Waals surface area contributed by atoms with Gasteiger partial charge in [0.2, 0.25) is 13.2 Å². The molecule has 4 aromatic rings. The summed E-state index contributed by atoms with van der Waals surface area (Å²) in [5.74, 6) is 1.48. The van der Waals surface area contributed by atoms with Gasteiger partial charge in [-0.15, -0.1) is 0 Å². The predicted octanol–water partition coefficient (Wildman–Crippen LogP) is 5.16. The summed E-state index contributed by atoms with van der Waals surface area (Å²) in [5, 5.41) is 10.3. The molecule has 0 saturated carbocycles. The number of fused-ring (bicyclic) bond motifs is 1. The fourth-order valence-corrected chi connectivity index (χ4v) is 6.63. The molecule has 0 atom stereocenters. The molecule has 0 radical (unpaired) electrons. The van der Waals surface area contributed by atoms with Crippen molar-refractivity contribution in [1.82, 2.24) is 13.9 Å². The fraction of sp³-hybridized carbons (Fsp3) is 0.286. The second-order valence-electron chi connectivity index (χ2n) is 11.1. The van der Waals surface area contributed by atoms with Gasteiger partial charge >= 0.3 is 5.97 Å². The maximum absolute atomic E-state index is 13.4. The second-order valence-corrected chi connectivity index (χ2v) is 12.9. The van der Waals surface area contributed by atoms with Crippen molar-refractivity contribution in [3.05, 3.63) is 89.0 Å². The summed E-state index contributed by atoms with van der Waals surface area (Å²) >= 11 is 0. The quantitative estimate of drug-likeness (QED) is 0.0941. The Labute approximate surface area is 284 Å². The van der Waals surface area contributed by atoms with Crippen LogP contribution in [0.2, 0.25) is 0 Å². The van der Waals surface area contributed by atoms with Crippen molar-refractivity contribution in [1.29, 1.82) is 0 Å². The van der Waals surface area contributed by atoms with E-state index in [0.29, 0.717) is 62.1 Å². The van der Waals surface area contributed by atoms with Gasteiger partial charge in [0.1, 0.15) is 23.1 Å². The van der Waals surface area contributed by atoms with Gasteiger partial charge in [-0.3, -0.25) is 9.36 Å². The number of sulfonamides is 1. The largest absolute Gasteiger partial charge is 0.497 e. The van der Waals surface area contributed by atoms with Gasteiger partial charge in [-0.2, -0.15) is 0 Å². The van der Waals surface area contributed by atoms with Crippen LogP contribution in [0.15, 0.2) is 71.3 Å². The van der Waals surface area contributed by atoms with Gasteiger partial charge in [0, 0.05) is 36.1 Å². The van der Waals surface area contributed by atoms with Gasteiger partial charge in [-0.1, -0.05) is 31.5 Å². The smallest absolute Gasteiger partial charge is 0.331 e. The number of aryl methyl sites for hydroxylation is 2. The molecule has 2 heterocycles. The normalized spacial score (nSPS) is 12.4. The molecule has 0 aliphatic carbocycles.